The molecule has 1 nitrogen and oxygen atoms in total. The molecule has 0 bridgehead atoms. The fourth-order valence-electron chi connectivity index (χ4n) is 0.822. The molecule has 0 N–H and O–H groups in total. The van der Waals surface area contributed by atoms with E-state index in [4.69, 9.17) is 11.6 Å². The van der Waals surface area contributed by atoms with E-state index in [0.717, 1.165) is 0 Å². The van der Waals surface area contributed by atoms with Crippen molar-refractivity contribution in [2.75, 3.05) is 0 Å². The number of alkyl halides is 2. The molecule has 0 aromatic heterocycles. The Kier molecular flexibility index (Phi) is 3.39. The van der Waals surface area contributed by atoms with Crippen LogP contribution in [0.5, 0.6) is 0 Å². The van der Waals surface area contributed by atoms with E-state index >= 15 is 0 Å². The zero-order valence-corrected chi connectivity index (χ0v) is 8.57. The highest BCUT2D eigenvalue weighted by Gasteiger charge is 2.18. The molecule has 70 valence electrons. The Hall–Kier alpha value is -0.480. The standard InChI is InChI=1S/C8H4BrClF2O/c9-5-1-4(2-6(10)3-5)7(13)8(11)12/h1-3,8H. The molecular formula is C8H4BrClF2O. The number of Topliss-reactive ketones (excluding diaryl/α,β-unsaturated/α-hetero) is 1. The minimum absolute atomic E-state index is 0.0885. The Balaban J connectivity index is 3.08. The summed E-state index contributed by atoms with van der Waals surface area (Å²) in [5.41, 5.74) is -0.0885. The lowest BCUT2D eigenvalue weighted by Crippen LogP contribution is -2.09. The molecule has 1 rings (SSSR count). The number of hydrogen-bond acceptors (Lipinski definition) is 1. The molecule has 0 aliphatic rings. The van der Waals surface area contributed by atoms with Crippen molar-refractivity contribution in [1.29, 1.82) is 0 Å². The van der Waals surface area contributed by atoms with Gasteiger partial charge in [0.05, 0.1) is 0 Å². The van der Waals surface area contributed by atoms with Crippen molar-refractivity contribution < 1.29 is 13.6 Å². The fraction of sp³-hybridized carbons (Fsp3) is 0.125. The van der Waals surface area contributed by atoms with Crippen molar-refractivity contribution in [3.05, 3.63) is 33.3 Å². The van der Waals surface area contributed by atoms with Crippen LogP contribution in [0.4, 0.5) is 8.78 Å². The van der Waals surface area contributed by atoms with Crippen LogP contribution in [-0.2, 0) is 0 Å². The second-order valence-corrected chi connectivity index (χ2v) is 3.68. The SMILES string of the molecule is O=C(c1cc(Cl)cc(Br)c1)C(F)F. The number of benzene rings is 1. The van der Waals surface area contributed by atoms with Crippen LogP contribution < -0.4 is 0 Å². The summed E-state index contributed by atoms with van der Waals surface area (Å²) in [6, 6.07) is 4.03. The maximum Gasteiger partial charge on any atom is 0.300 e. The zero-order valence-electron chi connectivity index (χ0n) is 6.23. The van der Waals surface area contributed by atoms with Crippen molar-refractivity contribution in [2.24, 2.45) is 0 Å². The lowest BCUT2D eigenvalue weighted by atomic mass is 10.1. The van der Waals surface area contributed by atoms with Crippen LogP contribution >= 0.6 is 27.5 Å². The summed E-state index contributed by atoms with van der Waals surface area (Å²) in [6.45, 7) is 0. The summed E-state index contributed by atoms with van der Waals surface area (Å²) in [7, 11) is 0. The van der Waals surface area contributed by atoms with Gasteiger partial charge in [0.1, 0.15) is 0 Å². The van der Waals surface area contributed by atoms with Crippen molar-refractivity contribution in [3.63, 3.8) is 0 Å². The zero-order chi connectivity index (χ0) is 10.0. The third-order valence-electron chi connectivity index (χ3n) is 1.35. The summed E-state index contributed by atoms with van der Waals surface area (Å²) in [6.07, 6.45) is -3.00. The number of rotatable bonds is 2. The van der Waals surface area contributed by atoms with Gasteiger partial charge in [-0.15, -0.1) is 0 Å². The first-order valence-electron chi connectivity index (χ1n) is 3.29. The van der Waals surface area contributed by atoms with Gasteiger partial charge in [0, 0.05) is 15.1 Å². The topological polar surface area (TPSA) is 17.1 Å². The van der Waals surface area contributed by atoms with E-state index in [1.807, 2.05) is 0 Å². The largest absolute Gasteiger partial charge is 0.300 e. The summed E-state index contributed by atoms with van der Waals surface area (Å²) < 4.78 is 24.4. The Morgan fingerprint density at radius 1 is 1.38 bits per heavy atom. The minimum Gasteiger partial charge on any atom is -0.288 e. The monoisotopic (exact) mass is 268 g/mol. The van der Waals surface area contributed by atoms with Crippen LogP contribution in [0.3, 0.4) is 0 Å². The Morgan fingerprint density at radius 2 is 2.00 bits per heavy atom. The third-order valence-corrected chi connectivity index (χ3v) is 2.02. The second-order valence-electron chi connectivity index (χ2n) is 2.32. The fourth-order valence-corrected chi connectivity index (χ4v) is 1.68. The van der Waals surface area contributed by atoms with Crippen LogP contribution in [-0.4, -0.2) is 12.2 Å². The molecule has 0 spiro atoms. The number of hydrogen-bond donors (Lipinski definition) is 0. The van der Waals surface area contributed by atoms with Crippen LogP contribution in [0, 0.1) is 0 Å². The highest BCUT2D eigenvalue weighted by atomic mass is 79.9. The van der Waals surface area contributed by atoms with Crippen LogP contribution in [0.25, 0.3) is 0 Å². The van der Waals surface area contributed by atoms with Gasteiger partial charge in [0.2, 0.25) is 5.78 Å². The predicted molar refractivity (Wildman–Crippen MR) is 49.5 cm³/mol. The molecule has 1 aromatic carbocycles. The quantitative estimate of drug-likeness (QED) is 0.750. The van der Waals surface area contributed by atoms with Crippen LogP contribution in [0.1, 0.15) is 10.4 Å². The van der Waals surface area contributed by atoms with Crippen molar-refractivity contribution in [3.8, 4) is 0 Å². The molecule has 0 radical (unpaired) electrons. The van der Waals surface area contributed by atoms with Crippen molar-refractivity contribution in [2.45, 2.75) is 6.43 Å². The van der Waals surface area contributed by atoms with Gasteiger partial charge in [0.25, 0.3) is 0 Å². The lowest BCUT2D eigenvalue weighted by molar-refractivity contribution is 0.0678. The molecule has 0 aliphatic carbocycles. The maximum absolute atomic E-state index is 12.0. The Morgan fingerprint density at radius 3 is 2.46 bits per heavy atom. The number of carbonyl (C=O) groups is 1. The molecule has 0 atom stereocenters. The van der Waals surface area contributed by atoms with E-state index in [2.05, 4.69) is 15.9 Å². The van der Waals surface area contributed by atoms with E-state index in [-0.39, 0.29) is 10.6 Å². The van der Waals surface area contributed by atoms with E-state index in [1.165, 1.54) is 18.2 Å². The van der Waals surface area contributed by atoms with Gasteiger partial charge < -0.3 is 0 Å². The molecule has 1 aromatic rings. The van der Waals surface area contributed by atoms with E-state index < -0.39 is 12.2 Å². The second kappa shape index (κ2) is 4.15. The average Bonchev–Trinajstić information content (AvgIpc) is 2.01. The van der Waals surface area contributed by atoms with Crippen LogP contribution in [0.15, 0.2) is 22.7 Å². The van der Waals surface area contributed by atoms with Gasteiger partial charge in [-0.05, 0) is 18.2 Å². The summed E-state index contributed by atoms with van der Waals surface area (Å²) >= 11 is 8.62. The predicted octanol–water partition coefficient (Wildman–Crippen LogP) is 3.55. The molecule has 0 saturated carbocycles. The van der Waals surface area contributed by atoms with Gasteiger partial charge in [-0.3, -0.25) is 4.79 Å². The summed E-state index contributed by atoms with van der Waals surface area (Å²) in [5.74, 6) is -1.22. The highest BCUT2D eigenvalue weighted by molar-refractivity contribution is 9.10. The molecule has 5 heteroatoms. The molecule has 0 heterocycles. The van der Waals surface area contributed by atoms with E-state index in [0.29, 0.717) is 4.47 Å². The first-order chi connectivity index (χ1) is 6.00. The summed E-state index contributed by atoms with van der Waals surface area (Å²) in [5, 5.41) is 0.248. The average molecular weight is 269 g/mol. The Labute approximate surface area is 86.8 Å². The van der Waals surface area contributed by atoms with Gasteiger partial charge in [-0.2, -0.15) is 0 Å². The number of halogens is 4. The van der Waals surface area contributed by atoms with Gasteiger partial charge >= 0.3 is 6.43 Å². The highest BCUT2D eigenvalue weighted by Crippen LogP contribution is 2.21. The Bertz CT molecular complexity index is 321. The first kappa shape index (κ1) is 10.6. The number of carbonyl (C=O) groups excluding carboxylic acids is 1. The van der Waals surface area contributed by atoms with E-state index in [1.54, 1.807) is 0 Å². The minimum atomic E-state index is -3.00. The van der Waals surface area contributed by atoms with Crippen molar-refractivity contribution in [1.82, 2.24) is 0 Å². The molecular weight excluding hydrogens is 265 g/mol. The number of ketones is 1. The molecule has 0 saturated heterocycles. The molecule has 13 heavy (non-hydrogen) atoms. The normalized spacial score (nSPS) is 10.5. The summed E-state index contributed by atoms with van der Waals surface area (Å²) in [4.78, 5) is 10.8. The molecule has 0 fully saturated rings. The third kappa shape index (κ3) is 2.74. The lowest BCUT2D eigenvalue weighted by Gasteiger charge is -2.00. The molecule has 0 aliphatic heterocycles. The van der Waals surface area contributed by atoms with Crippen LogP contribution in [0.2, 0.25) is 5.02 Å². The molecule has 0 amide bonds. The maximum atomic E-state index is 12.0. The van der Waals surface area contributed by atoms with Crippen molar-refractivity contribution >= 4 is 33.3 Å². The smallest absolute Gasteiger partial charge is 0.288 e. The van der Waals surface area contributed by atoms with Gasteiger partial charge in [-0.1, -0.05) is 27.5 Å². The van der Waals surface area contributed by atoms with E-state index in [9.17, 15) is 13.6 Å². The first-order valence-corrected chi connectivity index (χ1v) is 4.46. The van der Waals surface area contributed by atoms with Gasteiger partial charge in [-0.25, -0.2) is 8.78 Å². The van der Waals surface area contributed by atoms with Gasteiger partial charge in [0.15, 0.2) is 0 Å². The molecule has 0 unspecified atom stereocenters.